The van der Waals surface area contributed by atoms with Gasteiger partial charge in [-0.2, -0.15) is 0 Å². The van der Waals surface area contributed by atoms with Gasteiger partial charge in [0.15, 0.2) is 6.35 Å². The number of ether oxygens (including phenoxy) is 1. The van der Waals surface area contributed by atoms with E-state index in [-0.39, 0.29) is 0 Å². The van der Waals surface area contributed by atoms with Crippen molar-refractivity contribution in [1.82, 2.24) is 10.3 Å². The first-order valence-corrected chi connectivity index (χ1v) is 8.68. The number of nitrogens with zero attached hydrogens (tertiary/aromatic N) is 1. The second-order valence-corrected chi connectivity index (χ2v) is 5.80. The van der Waals surface area contributed by atoms with E-state index in [1.807, 2.05) is 36.4 Å². The minimum absolute atomic E-state index is 0.568. The SMILES string of the molecule is OC(NCCCOc1ccccc1-c1ccccc1)Nc1ccncc1. The first kappa shape index (κ1) is 17.9. The highest BCUT2D eigenvalue weighted by atomic mass is 16.5. The Morgan fingerprint density at radius 2 is 1.65 bits per heavy atom. The standard InChI is InChI=1S/C21H23N3O2/c25-21(24-18-11-14-22-15-12-18)23-13-6-16-26-20-10-5-4-9-19(20)17-7-2-1-3-8-17/h1-5,7-12,14-15,21,23,25H,6,13,16H2,(H,22,24). The molecule has 0 spiro atoms. The van der Waals surface area contributed by atoms with Crippen LogP contribution in [0.25, 0.3) is 11.1 Å². The fourth-order valence-corrected chi connectivity index (χ4v) is 2.60. The minimum atomic E-state index is -0.811. The molecule has 0 saturated heterocycles. The number of aliphatic hydroxyl groups is 1. The molecule has 5 heteroatoms. The number of para-hydroxylation sites is 1. The van der Waals surface area contributed by atoms with Crippen LogP contribution in [0.3, 0.4) is 0 Å². The summed E-state index contributed by atoms with van der Waals surface area (Å²) in [4.78, 5) is 3.94. The van der Waals surface area contributed by atoms with Crippen LogP contribution >= 0.6 is 0 Å². The van der Waals surface area contributed by atoms with Gasteiger partial charge in [0.25, 0.3) is 0 Å². The van der Waals surface area contributed by atoms with E-state index in [1.54, 1.807) is 24.5 Å². The van der Waals surface area contributed by atoms with Gasteiger partial charge in [-0.3, -0.25) is 10.3 Å². The van der Waals surface area contributed by atoms with Crippen LogP contribution < -0.4 is 15.4 Å². The zero-order chi connectivity index (χ0) is 18.0. The highest BCUT2D eigenvalue weighted by Gasteiger charge is 2.06. The van der Waals surface area contributed by atoms with Crippen molar-refractivity contribution in [1.29, 1.82) is 0 Å². The van der Waals surface area contributed by atoms with Crippen LogP contribution in [0.2, 0.25) is 0 Å². The van der Waals surface area contributed by atoms with Gasteiger partial charge in [-0.1, -0.05) is 48.5 Å². The van der Waals surface area contributed by atoms with E-state index in [2.05, 4.69) is 33.8 Å². The van der Waals surface area contributed by atoms with E-state index in [0.29, 0.717) is 13.2 Å². The van der Waals surface area contributed by atoms with Crippen molar-refractivity contribution in [3.63, 3.8) is 0 Å². The van der Waals surface area contributed by atoms with Gasteiger partial charge in [0.2, 0.25) is 0 Å². The number of aliphatic hydroxyl groups excluding tert-OH is 1. The van der Waals surface area contributed by atoms with Crippen LogP contribution in [0.1, 0.15) is 6.42 Å². The van der Waals surface area contributed by atoms with E-state index in [4.69, 9.17) is 4.74 Å². The molecule has 0 bridgehead atoms. The van der Waals surface area contributed by atoms with Gasteiger partial charge in [0, 0.05) is 30.2 Å². The van der Waals surface area contributed by atoms with E-state index < -0.39 is 6.35 Å². The third-order valence-electron chi connectivity index (χ3n) is 3.87. The Morgan fingerprint density at radius 3 is 2.46 bits per heavy atom. The molecule has 0 aliphatic heterocycles. The number of hydrogen-bond acceptors (Lipinski definition) is 5. The number of benzene rings is 2. The number of aromatic nitrogens is 1. The van der Waals surface area contributed by atoms with E-state index in [0.717, 1.165) is 29.0 Å². The van der Waals surface area contributed by atoms with Crippen molar-refractivity contribution in [2.75, 3.05) is 18.5 Å². The molecule has 1 atom stereocenters. The molecule has 0 radical (unpaired) electrons. The van der Waals surface area contributed by atoms with Crippen molar-refractivity contribution in [2.24, 2.45) is 0 Å². The Morgan fingerprint density at radius 1 is 0.923 bits per heavy atom. The number of pyridine rings is 1. The second-order valence-electron chi connectivity index (χ2n) is 5.80. The average Bonchev–Trinajstić information content (AvgIpc) is 2.69. The number of nitrogens with one attached hydrogen (secondary N) is 2. The summed E-state index contributed by atoms with van der Waals surface area (Å²) < 4.78 is 5.94. The van der Waals surface area contributed by atoms with Gasteiger partial charge < -0.3 is 15.2 Å². The van der Waals surface area contributed by atoms with Gasteiger partial charge in [0.05, 0.1) is 6.61 Å². The molecule has 0 aliphatic carbocycles. The molecule has 3 N–H and O–H groups in total. The highest BCUT2D eigenvalue weighted by Crippen LogP contribution is 2.29. The van der Waals surface area contributed by atoms with Gasteiger partial charge in [-0.05, 0) is 30.2 Å². The summed E-state index contributed by atoms with van der Waals surface area (Å²) in [6.07, 6.45) is 3.31. The lowest BCUT2D eigenvalue weighted by Crippen LogP contribution is -2.36. The molecule has 1 aromatic heterocycles. The van der Waals surface area contributed by atoms with Gasteiger partial charge in [-0.25, -0.2) is 0 Å². The zero-order valence-electron chi connectivity index (χ0n) is 14.5. The fraction of sp³-hybridized carbons (Fsp3) is 0.190. The molecule has 0 aliphatic rings. The predicted octanol–water partition coefficient (Wildman–Crippen LogP) is 3.50. The molecule has 0 saturated carbocycles. The maximum absolute atomic E-state index is 9.93. The fourth-order valence-electron chi connectivity index (χ4n) is 2.60. The van der Waals surface area contributed by atoms with E-state index >= 15 is 0 Å². The summed E-state index contributed by atoms with van der Waals surface area (Å²) in [5.41, 5.74) is 3.03. The van der Waals surface area contributed by atoms with Gasteiger partial charge >= 0.3 is 0 Å². The minimum Gasteiger partial charge on any atom is -0.493 e. The lowest BCUT2D eigenvalue weighted by molar-refractivity contribution is 0.162. The van der Waals surface area contributed by atoms with Crippen LogP contribution in [0.4, 0.5) is 5.69 Å². The third-order valence-corrected chi connectivity index (χ3v) is 3.87. The number of rotatable bonds is 9. The van der Waals surface area contributed by atoms with E-state index in [1.165, 1.54) is 0 Å². The van der Waals surface area contributed by atoms with Crippen molar-refractivity contribution in [3.8, 4) is 16.9 Å². The lowest BCUT2D eigenvalue weighted by atomic mass is 10.1. The summed E-state index contributed by atoms with van der Waals surface area (Å²) in [5, 5.41) is 15.9. The van der Waals surface area contributed by atoms with Crippen LogP contribution in [-0.2, 0) is 0 Å². The van der Waals surface area contributed by atoms with Crippen LogP contribution in [-0.4, -0.2) is 29.6 Å². The molecular formula is C21H23N3O2. The summed E-state index contributed by atoms with van der Waals surface area (Å²) >= 11 is 0. The summed E-state index contributed by atoms with van der Waals surface area (Å²) in [6.45, 7) is 1.20. The van der Waals surface area contributed by atoms with Crippen molar-refractivity contribution >= 4 is 5.69 Å². The van der Waals surface area contributed by atoms with Crippen LogP contribution in [0.15, 0.2) is 79.1 Å². The zero-order valence-corrected chi connectivity index (χ0v) is 14.5. The smallest absolute Gasteiger partial charge is 0.181 e. The normalized spacial score (nSPS) is 11.7. The molecule has 1 heterocycles. The Balaban J connectivity index is 1.43. The monoisotopic (exact) mass is 349 g/mol. The van der Waals surface area contributed by atoms with E-state index in [9.17, 15) is 5.11 Å². The molecule has 2 aromatic carbocycles. The molecule has 1 unspecified atom stereocenters. The Kier molecular flexibility index (Phi) is 6.59. The largest absolute Gasteiger partial charge is 0.493 e. The number of hydrogen-bond donors (Lipinski definition) is 3. The Labute approximate surface area is 153 Å². The number of anilines is 1. The first-order valence-electron chi connectivity index (χ1n) is 8.68. The summed E-state index contributed by atoms with van der Waals surface area (Å²) in [5.74, 6) is 0.870. The molecule has 5 nitrogen and oxygen atoms in total. The third kappa shape index (κ3) is 5.31. The maximum atomic E-state index is 9.93. The van der Waals surface area contributed by atoms with Crippen LogP contribution in [0.5, 0.6) is 5.75 Å². The van der Waals surface area contributed by atoms with Crippen molar-refractivity contribution in [2.45, 2.75) is 12.8 Å². The summed E-state index contributed by atoms with van der Waals surface area (Å²) in [6, 6.07) is 21.8. The van der Waals surface area contributed by atoms with Gasteiger partial charge in [0.1, 0.15) is 5.75 Å². The quantitative estimate of drug-likeness (QED) is 0.408. The highest BCUT2D eigenvalue weighted by molar-refractivity contribution is 5.70. The van der Waals surface area contributed by atoms with Crippen molar-refractivity contribution < 1.29 is 9.84 Å². The average molecular weight is 349 g/mol. The Bertz CT molecular complexity index is 782. The van der Waals surface area contributed by atoms with Gasteiger partial charge in [-0.15, -0.1) is 0 Å². The Hall–Kier alpha value is -2.89. The van der Waals surface area contributed by atoms with Crippen molar-refractivity contribution in [3.05, 3.63) is 79.1 Å². The summed E-state index contributed by atoms with van der Waals surface area (Å²) in [7, 11) is 0. The molecule has 3 aromatic rings. The molecular weight excluding hydrogens is 326 g/mol. The predicted molar refractivity (Wildman–Crippen MR) is 104 cm³/mol. The lowest BCUT2D eigenvalue weighted by Gasteiger charge is -2.16. The maximum Gasteiger partial charge on any atom is 0.181 e. The second kappa shape index (κ2) is 9.56. The molecule has 134 valence electrons. The topological polar surface area (TPSA) is 66.4 Å². The molecule has 26 heavy (non-hydrogen) atoms. The van der Waals surface area contributed by atoms with Crippen LogP contribution in [0, 0.1) is 0 Å². The molecule has 0 fully saturated rings. The molecule has 0 amide bonds. The first-order chi connectivity index (χ1) is 12.8. The molecule has 3 rings (SSSR count).